The smallest absolute Gasteiger partial charge is 0.276 e. The third-order valence-corrected chi connectivity index (χ3v) is 5.30. The molecule has 2 aromatic heterocycles. The van der Waals surface area contributed by atoms with Gasteiger partial charge in [-0.2, -0.15) is 5.10 Å². The molecule has 30 heavy (non-hydrogen) atoms. The molecule has 3 aromatic rings. The van der Waals surface area contributed by atoms with Crippen LogP contribution < -0.4 is 11.1 Å². The Morgan fingerprint density at radius 3 is 2.37 bits per heavy atom. The van der Waals surface area contributed by atoms with Crippen molar-refractivity contribution >= 4 is 11.6 Å². The van der Waals surface area contributed by atoms with Gasteiger partial charge in [0, 0.05) is 30.5 Å². The zero-order valence-electron chi connectivity index (χ0n) is 18.7. The predicted octanol–water partition coefficient (Wildman–Crippen LogP) is 4.32. The number of rotatable bonds is 6. The molecule has 6 nitrogen and oxygen atoms in total. The van der Waals surface area contributed by atoms with Gasteiger partial charge < -0.3 is 11.1 Å². The number of nitrogens with zero attached hydrogens (tertiary/aromatic N) is 3. The third-order valence-electron chi connectivity index (χ3n) is 5.30. The van der Waals surface area contributed by atoms with Crippen LogP contribution in [-0.4, -0.2) is 20.7 Å². The van der Waals surface area contributed by atoms with Crippen molar-refractivity contribution in [3.8, 4) is 11.1 Å². The molecular weight excluding hydrogens is 374 g/mol. The van der Waals surface area contributed by atoms with Crippen molar-refractivity contribution in [2.24, 2.45) is 18.7 Å². The van der Waals surface area contributed by atoms with Crippen LogP contribution in [0.15, 0.2) is 30.3 Å². The van der Waals surface area contributed by atoms with E-state index in [1.165, 1.54) is 5.56 Å². The molecule has 1 aromatic carbocycles. The van der Waals surface area contributed by atoms with Gasteiger partial charge in [-0.15, -0.1) is 0 Å². The van der Waals surface area contributed by atoms with Gasteiger partial charge in [0.05, 0.1) is 11.4 Å². The van der Waals surface area contributed by atoms with E-state index >= 15 is 0 Å². The number of amides is 1. The fourth-order valence-electron chi connectivity index (χ4n) is 3.62. The van der Waals surface area contributed by atoms with Crippen LogP contribution in [0.1, 0.15) is 52.5 Å². The lowest BCUT2D eigenvalue weighted by atomic mass is 9.92. The maximum absolute atomic E-state index is 13.0. The number of carbonyl (C=O) groups excluding carboxylic acids is 1. The van der Waals surface area contributed by atoms with Gasteiger partial charge in [-0.3, -0.25) is 14.5 Å². The van der Waals surface area contributed by atoms with E-state index in [-0.39, 0.29) is 5.91 Å². The Labute approximate surface area is 178 Å². The second kappa shape index (κ2) is 8.79. The zero-order chi connectivity index (χ0) is 22.0. The van der Waals surface area contributed by atoms with Gasteiger partial charge in [0.15, 0.2) is 5.69 Å². The Morgan fingerprint density at radius 2 is 1.83 bits per heavy atom. The van der Waals surface area contributed by atoms with E-state index in [4.69, 9.17) is 10.7 Å². The minimum absolute atomic E-state index is 0.253. The first-order chi connectivity index (χ1) is 14.2. The van der Waals surface area contributed by atoms with E-state index in [2.05, 4.69) is 55.5 Å². The van der Waals surface area contributed by atoms with Crippen LogP contribution in [0.4, 0.5) is 5.69 Å². The lowest BCUT2D eigenvalue weighted by Crippen LogP contribution is -2.18. The minimum atomic E-state index is -0.253. The second-order valence-electron chi connectivity index (χ2n) is 8.29. The number of aryl methyl sites for hydroxylation is 4. The summed E-state index contributed by atoms with van der Waals surface area (Å²) in [7, 11) is 1.82. The molecule has 0 saturated carbocycles. The van der Waals surface area contributed by atoms with Crippen molar-refractivity contribution in [2.45, 2.75) is 47.6 Å². The van der Waals surface area contributed by atoms with Gasteiger partial charge in [-0.05, 0) is 50.3 Å². The summed E-state index contributed by atoms with van der Waals surface area (Å²) in [5, 5.41) is 7.38. The van der Waals surface area contributed by atoms with Crippen LogP contribution in [0.25, 0.3) is 11.1 Å². The fourth-order valence-corrected chi connectivity index (χ4v) is 3.62. The Balaban J connectivity index is 2.17. The molecule has 0 aliphatic heterocycles. The van der Waals surface area contributed by atoms with Crippen LogP contribution >= 0.6 is 0 Å². The third kappa shape index (κ3) is 4.44. The van der Waals surface area contributed by atoms with Gasteiger partial charge in [0.1, 0.15) is 0 Å². The average Bonchev–Trinajstić information content (AvgIpc) is 3.02. The van der Waals surface area contributed by atoms with Crippen LogP contribution in [0.5, 0.6) is 0 Å². The number of nitrogens with one attached hydrogen (secondary N) is 1. The molecule has 0 aliphatic carbocycles. The summed E-state index contributed by atoms with van der Waals surface area (Å²) in [5.74, 6) is 0.196. The number of anilines is 1. The van der Waals surface area contributed by atoms with Crippen LogP contribution in [-0.2, 0) is 20.0 Å². The first kappa shape index (κ1) is 21.7. The van der Waals surface area contributed by atoms with Gasteiger partial charge in [-0.1, -0.05) is 43.7 Å². The van der Waals surface area contributed by atoms with Crippen molar-refractivity contribution in [2.75, 3.05) is 5.32 Å². The number of aromatic nitrogens is 3. The largest absolute Gasteiger partial charge is 0.326 e. The molecule has 2 heterocycles. The van der Waals surface area contributed by atoms with Crippen molar-refractivity contribution < 1.29 is 4.79 Å². The summed E-state index contributed by atoms with van der Waals surface area (Å²) in [6.45, 7) is 10.6. The quantitative estimate of drug-likeness (QED) is 0.640. The Hall–Kier alpha value is -2.99. The summed E-state index contributed by atoms with van der Waals surface area (Å²) >= 11 is 0. The van der Waals surface area contributed by atoms with E-state index in [0.29, 0.717) is 23.8 Å². The maximum Gasteiger partial charge on any atom is 0.276 e. The standard InChI is InChI=1S/C24H31N5O/c1-14(2)11-20-19(13-25)22(18-9-7-15(3)8-10-18)23(17(5)26-20)27-24(30)21-12-16(4)29(6)28-21/h7-10,12,14H,11,13,25H2,1-6H3,(H,27,30). The molecule has 0 bridgehead atoms. The van der Waals surface area contributed by atoms with Crippen LogP contribution in [0, 0.1) is 26.7 Å². The van der Waals surface area contributed by atoms with E-state index in [1.54, 1.807) is 10.7 Å². The average molecular weight is 406 g/mol. The van der Waals surface area contributed by atoms with E-state index in [1.807, 2.05) is 20.9 Å². The lowest BCUT2D eigenvalue weighted by Gasteiger charge is -2.21. The highest BCUT2D eigenvalue weighted by molar-refractivity contribution is 6.06. The topological polar surface area (TPSA) is 85.8 Å². The molecule has 1 amide bonds. The highest BCUT2D eigenvalue weighted by atomic mass is 16.2. The van der Waals surface area contributed by atoms with E-state index < -0.39 is 0 Å². The summed E-state index contributed by atoms with van der Waals surface area (Å²) in [6, 6.07) is 10.1. The van der Waals surface area contributed by atoms with Crippen LogP contribution in [0.3, 0.4) is 0 Å². The number of pyridine rings is 1. The lowest BCUT2D eigenvalue weighted by molar-refractivity contribution is 0.102. The SMILES string of the molecule is Cc1ccc(-c2c(CN)c(CC(C)C)nc(C)c2NC(=O)c2cc(C)n(C)n2)cc1. The summed E-state index contributed by atoms with van der Waals surface area (Å²) in [4.78, 5) is 17.8. The molecule has 0 saturated heterocycles. The Morgan fingerprint density at radius 1 is 1.17 bits per heavy atom. The predicted molar refractivity (Wildman–Crippen MR) is 121 cm³/mol. The molecule has 0 aliphatic rings. The van der Waals surface area contributed by atoms with Crippen molar-refractivity contribution in [1.82, 2.24) is 14.8 Å². The van der Waals surface area contributed by atoms with E-state index in [9.17, 15) is 4.79 Å². The molecule has 0 fully saturated rings. The summed E-state index contributed by atoms with van der Waals surface area (Å²) in [5.41, 5.74) is 14.1. The summed E-state index contributed by atoms with van der Waals surface area (Å²) in [6.07, 6.45) is 0.833. The first-order valence-corrected chi connectivity index (χ1v) is 10.3. The zero-order valence-corrected chi connectivity index (χ0v) is 18.7. The molecule has 3 rings (SSSR count). The second-order valence-corrected chi connectivity index (χ2v) is 8.29. The molecule has 3 N–H and O–H groups in total. The van der Waals surface area contributed by atoms with Crippen molar-refractivity contribution in [1.29, 1.82) is 0 Å². The maximum atomic E-state index is 13.0. The number of hydrogen-bond donors (Lipinski definition) is 2. The molecule has 0 atom stereocenters. The van der Waals surface area contributed by atoms with Gasteiger partial charge >= 0.3 is 0 Å². The number of benzene rings is 1. The Bertz CT molecular complexity index is 1040. The number of nitrogens with two attached hydrogens (primary N) is 1. The van der Waals surface area contributed by atoms with Crippen molar-refractivity contribution in [3.05, 3.63) is 64.2 Å². The Kier molecular flexibility index (Phi) is 6.37. The monoisotopic (exact) mass is 405 g/mol. The molecule has 158 valence electrons. The molecular formula is C24H31N5O. The first-order valence-electron chi connectivity index (χ1n) is 10.3. The molecule has 0 spiro atoms. The van der Waals surface area contributed by atoms with E-state index in [0.717, 1.165) is 40.2 Å². The molecule has 6 heteroatoms. The normalized spacial score (nSPS) is 11.2. The molecule has 0 radical (unpaired) electrons. The molecule has 0 unspecified atom stereocenters. The number of carbonyl (C=O) groups is 1. The van der Waals surface area contributed by atoms with Gasteiger partial charge in [-0.25, -0.2) is 0 Å². The summed E-state index contributed by atoms with van der Waals surface area (Å²) < 4.78 is 1.69. The minimum Gasteiger partial charge on any atom is -0.326 e. The highest BCUT2D eigenvalue weighted by Crippen LogP contribution is 2.36. The van der Waals surface area contributed by atoms with Gasteiger partial charge in [0.2, 0.25) is 0 Å². The fraction of sp³-hybridized carbons (Fsp3) is 0.375. The highest BCUT2D eigenvalue weighted by Gasteiger charge is 2.22. The van der Waals surface area contributed by atoms with Gasteiger partial charge in [0.25, 0.3) is 5.91 Å². The number of hydrogen-bond acceptors (Lipinski definition) is 4. The van der Waals surface area contributed by atoms with Crippen molar-refractivity contribution in [3.63, 3.8) is 0 Å². The van der Waals surface area contributed by atoms with Crippen LogP contribution in [0.2, 0.25) is 0 Å².